The van der Waals surface area contributed by atoms with E-state index >= 15 is 0 Å². The summed E-state index contributed by atoms with van der Waals surface area (Å²) in [5.74, 6) is -0.594. The van der Waals surface area contributed by atoms with Gasteiger partial charge in [0.05, 0.1) is 10.4 Å². The van der Waals surface area contributed by atoms with Gasteiger partial charge in [-0.25, -0.2) is 13.2 Å². The smallest absolute Gasteiger partial charge is 0.408 e. The highest BCUT2D eigenvalue weighted by Gasteiger charge is 2.36. The lowest BCUT2D eigenvalue weighted by atomic mass is 10.1. The molecule has 2 atom stereocenters. The van der Waals surface area contributed by atoms with Crippen molar-refractivity contribution in [1.82, 2.24) is 14.2 Å². The fraction of sp³-hybridized carbons (Fsp3) is 0.381. The molecule has 3 aromatic rings. The van der Waals surface area contributed by atoms with E-state index in [0.717, 1.165) is 13.0 Å². The lowest BCUT2D eigenvalue weighted by Gasteiger charge is -2.43. The molecule has 29 heavy (non-hydrogen) atoms. The quantitative estimate of drug-likeness (QED) is 0.692. The van der Waals surface area contributed by atoms with Crippen LogP contribution in [0.5, 0.6) is 0 Å². The molecule has 2 unspecified atom stereocenters. The van der Waals surface area contributed by atoms with Crippen LogP contribution in [0.2, 0.25) is 0 Å². The van der Waals surface area contributed by atoms with E-state index in [1.165, 1.54) is 22.0 Å². The molecule has 8 heteroatoms. The first kappa shape index (κ1) is 19.9. The lowest BCUT2D eigenvalue weighted by molar-refractivity contribution is 0.0784. The van der Waals surface area contributed by atoms with E-state index in [-0.39, 0.29) is 22.6 Å². The van der Waals surface area contributed by atoms with E-state index in [0.29, 0.717) is 18.6 Å². The lowest BCUT2D eigenvalue weighted by Crippen LogP contribution is -2.58. The van der Waals surface area contributed by atoms with Crippen molar-refractivity contribution < 1.29 is 12.8 Å². The van der Waals surface area contributed by atoms with Crippen molar-refractivity contribution in [3.05, 3.63) is 64.6 Å². The number of nitrogens with one attached hydrogen (secondary N) is 1. The van der Waals surface area contributed by atoms with Gasteiger partial charge in [0, 0.05) is 37.8 Å². The van der Waals surface area contributed by atoms with E-state index in [4.69, 9.17) is 4.42 Å². The number of nitrogens with zero attached hydrogens (tertiary/aromatic N) is 2. The van der Waals surface area contributed by atoms with E-state index < -0.39 is 15.8 Å². The summed E-state index contributed by atoms with van der Waals surface area (Å²) in [5, 5.41) is 0. The predicted octanol–water partition coefficient (Wildman–Crippen LogP) is 2.45. The number of rotatable bonds is 5. The molecule has 0 aliphatic carbocycles. The van der Waals surface area contributed by atoms with Crippen LogP contribution in [-0.4, -0.2) is 54.3 Å². The summed E-state index contributed by atoms with van der Waals surface area (Å²) in [7, 11) is -3.67. The van der Waals surface area contributed by atoms with Crippen molar-refractivity contribution in [3.8, 4) is 0 Å². The van der Waals surface area contributed by atoms with E-state index in [1.807, 2.05) is 18.2 Å². The second-order valence-corrected chi connectivity index (χ2v) is 9.60. The molecule has 1 aromatic heterocycles. The molecule has 2 aromatic carbocycles. The number of aromatic amines is 1. The molecule has 1 aliphatic heterocycles. The minimum absolute atomic E-state index is 0.103. The van der Waals surface area contributed by atoms with Gasteiger partial charge in [-0.15, -0.1) is 0 Å². The van der Waals surface area contributed by atoms with Crippen molar-refractivity contribution in [2.75, 3.05) is 19.6 Å². The minimum atomic E-state index is -3.67. The molecule has 4 rings (SSSR count). The Bertz CT molecular complexity index is 1140. The van der Waals surface area contributed by atoms with Gasteiger partial charge >= 0.3 is 5.76 Å². The number of fused-ring (bicyclic) bond motifs is 1. The van der Waals surface area contributed by atoms with Crippen LogP contribution >= 0.6 is 0 Å². The zero-order chi connectivity index (χ0) is 20.6. The summed E-state index contributed by atoms with van der Waals surface area (Å²) in [6.45, 7) is 5.88. The zero-order valence-corrected chi connectivity index (χ0v) is 17.4. The van der Waals surface area contributed by atoms with Crippen LogP contribution in [0.4, 0.5) is 0 Å². The molecule has 1 fully saturated rings. The molecule has 0 amide bonds. The maximum absolute atomic E-state index is 13.2. The van der Waals surface area contributed by atoms with Gasteiger partial charge < -0.3 is 4.42 Å². The molecule has 1 saturated heterocycles. The topological polar surface area (TPSA) is 86.6 Å². The number of aromatic nitrogens is 1. The Morgan fingerprint density at radius 3 is 2.45 bits per heavy atom. The molecular formula is C21H25N3O4S. The zero-order valence-electron chi connectivity index (χ0n) is 16.5. The Morgan fingerprint density at radius 2 is 1.76 bits per heavy atom. The SMILES string of the molecule is CC1CN(S(=O)(=O)c2ccc3[nH]c(=O)oc3c2)CC(C)N1CCc1ccccc1. The van der Waals surface area contributed by atoms with Crippen LogP contribution in [0.15, 0.2) is 62.6 Å². The fourth-order valence-electron chi connectivity index (χ4n) is 4.08. The van der Waals surface area contributed by atoms with Crippen molar-refractivity contribution in [1.29, 1.82) is 0 Å². The first-order valence-corrected chi connectivity index (χ1v) is 11.2. The Kier molecular flexibility index (Phi) is 5.33. The van der Waals surface area contributed by atoms with Crippen LogP contribution < -0.4 is 5.76 Å². The number of benzene rings is 2. The van der Waals surface area contributed by atoms with Gasteiger partial charge in [0.1, 0.15) is 0 Å². The normalized spacial score (nSPS) is 21.6. The summed E-state index contributed by atoms with van der Waals surface area (Å²) in [6, 6.07) is 15.0. The van der Waals surface area contributed by atoms with Crippen LogP contribution in [0.3, 0.4) is 0 Å². The second-order valence-electron chi connectivity index (χ2n) is 7.67. The van der Waals surface area contributed by atoms with E-state index in [9.17, 15) is 13.2 Å². The third-order valence-corrected chi connectivity index (χ3v) is 7.43. The van der Waals surface area contributed by atoms with Crippen LogP contribution in [0.1, 0.15) is 19.4 Å². The summed E-state index contributed by atoms with van der Waals surface area (Å²) in [4.78, 5) is 16.4. The highest BCUT2D eigenvalue weighted by molar-refractivity contribution is 7.89. The number of H-pyrrole nitrogens is 1. The first-order chi connectivity index (χ1) is 13.8. The average Bonchev–Trinajstić information content (AvgIpc) is 3.07. The molecule has 154 valence electrons. The van der Waals surface area contributed by atoms with Crippen molar-refractivity contribution in [2.24, 2.45) is 0 Å². The van der Waals surface area contributed by atoms with Crippen molar-refractivity contribution >= 4 is 21.1 Å². The highest BCUT2D eigenvalue weighted by Crippen LogP contribution is 2.25. The molecule has 2 heterocycles. The van der Waals surface area contributed by atoms with Crippen LogP contribution in [0.25, 0.3) is 11.1 Å². The molecule has 7 nitrogen and oxygen atoms in total. The molecule has 0 saturated carbocycles. The van der Waals surface area contributed by atoms with Gasteiger partial charge in [0.25, 0.3) is 0 Å². The average molecular weight is 416 g/mol. The number of hydrogen-bond acceptors (Lipinski definition) is 5. The molecule has 0 spiro atoms. The third kappa shape index (κ3) is 4.01. The first-order valence-electron chi connectivity index (χ1n) is 9.77. The summed E-state index contributed by atoms with van der Waals surface area (Å²) >= 11 is 0. The second kappa shape index (κ2) is 7.78. The van der Waals surface area contributed by atoms with Gasteiger partial charge in [-0.1, -0.05) is 30.3 Å². The Labute approximate surface area is 170 Å². The monoisotopic (exact) mass is 415 g/mol. The van der Waals surface area contributed by atoms with Gasteiger partial charge in [-0.2, -0.15) is 4.31 Å². The molecule has 1 N–H and O–H groups in total. The van der Waals surface area contributed by atoms with E-state index in [1.54, 1.807) is 6.07 Å². The Hall–Kier alpha value is -2.42. The number of sulfonamides is 1. The molecular weight excluding hydrogens is 390 g/mol. The fourth-order valence-corrected chi connectivity index (χ4v) is 5.70. The van der Waals surface area contributed by atoms with Gasteiger partial charge in [0.15, 0.2) is 5.58 Å². The number of hydrogen-bond donors (Lipinski definition) is 1. The Balaban J connectivity index is 1.50. The molecule has 0 radical (unpaired) electrons. The maximum atomic E-state index is 13.2. The number of oxazole rings is 1. The highest BCUT2D eigenvalue weighted by atomic mass is 32.2. The Morgan fingerprint density at radius 1 is 1.07 bits per heavy atom. The summed E-state index contributed by atoms with van der Waals surface area (Å²) in [6.07, 6.45) is 0.936. The maximum Gasteiger partial charge on any atom is 0.417 e. The molecule has 1 aliphatic rings. The van der Waals surface area contributed by atoms with Gasteiger partial charge in [-0.05, 0) is 38.0 Å². The van der Waals surface area contributed by atoms with Gasteiger partial charge in [-0.3, -0.25) is 9.88 Å². The van der Waals surface area contributed by atoms with Crippen LogP contribution in [0, 0.1) is 0 Å². The van der Waals surface area contributed by atoms with Gasteiger partial charge in [0.2, 0.25) is 10.0 Å². The summed E-state index contributed by atoms with van der Waals surface area (Å²) in [5.41, 5.74) is 2.02. The van der Waals surface area contributed by atoms with Crippen molar-refractivity contribution in [2.45, 2.75) is 37.2 Å². The minimum Gasteiger partial charge on any atom is -0.408 e. The largest absolute Gasteiger partial charge is 0.417 e. The summed E-state index contributed by atoms with van der Waals surface area (Å²) < 4.78 is 32.9. The standard InChI is InChI=1S/C21H25N3O4S/c1-15-13-23(14-16(2)24(15)11-10-17-6-4-3-5-7-17)29(26,27)18-8-9-19-20(12-18)28-21(25)22-19/h3-9,12,15-16H,10-11,13-14H2,1-2H3,(H,22,25). The third-order valence-electron chi connectivity index (χ3n) is 5.60. The molecule has 0 bridgehead atoms. The van der Waals surface area contributed by atoms with Crippen molar-refractivity contribution in [3.63, 3.8) is 0 Å². The predicted molar refractivity (Wildman–Crippen MR) is 111 cm³/mol. The number of piperazine rings is 1. The van der Waals surface area contributed by atoms with E-state index in [2.05, 4.69) is 35.9 Å². The van der Waals surface area contributed by atoms with Crippen LogP contribution in [-0.2, 0) is 16.4 Å².